The zero-order valence-electron chi connectivity index (χ0n) is 16.6. The Morgan fingerprint density at radius 1 is 1.26 bits per heavy atom. The van der Waals surface area contributed by atoms with Gasteiger partial charge in [0, 0.05) is 22.5 Å². The highest BCUT2D eigenvalue weighted by Gasteiger charge is 2.36. The number of carbonyl (C=O) groups is 2. The molecular weight excluding hydrogens is 441 g/mol. The molecule has 1 aliphatic heterocycles. The van der Waals surface area contributed by atoms with Crippen molar-refractivity contribution < 1.29 is 18.7 Å². The average Bonchev–Trinajstić information content (AvgIpc) is 3.43. The van der Waals surface area contributed by atoms with Crippen LogP contribution < -0.4 is 10.1 Å². The number of halogens is 2. The number of benzene rings is 2. The van der Waals surface area contributed by atoms with E-state index in [-0.39, 0.29) is 17.6 Å². The molecule has 1 unspecified atom stereocenters. The lowest BCUT2D eigenvalue weighted by atomic mass is 10.1. The van der Waals surface area contributed by atoms with Gasteiger partial charge in [-0.25, -0.2) is 9.37 Å². The molecule has 6 nitrogen and oxygen atoms in total. The number of thiazole rings is 1. The predicted octanol–water partition coefficient (Wildman–Crippen LogP) is 4.85. The molecule has 0 saturated carbocycles. The number of hydrogen-bond acceptors (Lipinski definition) is 5. The van der Waals surface area contributed by atoms with Crippen LogP contribution in [0.4, 0.5) is 9.52 Å². The summed E-state index contributed by atoms with van der Waals surface area (Å²) in [5.74, 6) is -0.519. The maximum Gasteiger partial charge on any atom is 0.258 e. The predicted molar refractivity (Wildman–Crippen MR) is 118 cm³/mol. The second-order valence-electron chi connectivity index (χ2n) is 7.04. The molecule has 1 fully saturated rings. The SMILES string of the molecule is COc1ccc(Cl)cc1C(=O)N1CCCC1C(=O)Nc1nc(-c2ccc(F)cc2)cs1. The highest BCUT2D eigenvalue weighted by Crippen LogP contribution is 2.29. The Labute approximate surface area is 187 Å². The summed E-state index contributed by atoms with van der Waals surface area (Å²) in [6.07, 6.45) is 1.27. The summed E-state index contributed by atoms with van der Waals surface area (Å²) in [7, 11) is 1.48. The molecule has 0 bridgehead atoms. The van der Waals surface area contributed by atoms with Crippen LogP contribution in [0.15, 0.2) is 47.8 Å². The highest BCUT2D eigenvalue weighted by atomic mass is 35.5. The van der Waals surface area contributed by atoms with Gasteiger partial charge in [0.05, 0.1) is 18.4 Å². The largest absolute Gasteiger partial charge is 0.496 e. The second kappa shape index (κ2) is 9.03. The molecule has 160 valence electrons. The minimum Gasteiger partial charge on any atom is -0.496 e. The number of amides is 2. The molecule has 1 saturated heterocycles. The van der Waals surface area contributed by atoms with E-state index in [0.29, 0.717) is 46.5 Å². The van der Waals surface area contributed by atoms with Crippen LogP contribution in [0, 0.1) is 5.82 Å². The summed E-state index contributed by atoms with van der Waals surface area (Å²) in [5, 5.41) is 5.43. The summed E-state index contributed by atoms with van der Waals surface area (Å²) in [5.41, 5.74) is 1.72. The number of rotatable bonds is 5. The molecular formula is C22H19ClFN3O3S. The molecule has 31 heavy (non-hydrogen) atoms. The van der Waals surface area contributed by atoms with Crippen LogP contribution in [-0.4, -0.2) is 41.4 Å². The normalized spacial score (nSPS) is 15.7. The van der Waals surface area contributed by atoms with Crippen LogP contribution in [0.1, 0.15) is 23.2 Å². The molecule has 1 aromatic heterocycles. The van der Waals surface area contributed by atoms with Crippen LogP contribution in [-0.2, 0) is 4.79 Å². The maximum absolute atomic E-state index is 13.1. The van der Waals surface area contributed by atoms with Crippen LogP contribution in [0.5, 0.6) is 5.75 Å². The van der Waals surface area contributed by atoms with E-state index in [9.17, 15) is 14.0 Å². The van der Waals surface area contributed by atoms with E-state index >= 15 is 0 Å². The van der Waals surface area contributed by atoms with E-state index in [1.165, 1.54) is 35.5 Å². The molecule has 0 radical (unpaired) electrons. The second-order valence-corrected chi connectivity index (χ2v) is 8.33. The lowest BCUT2D eigenvalue weighted by molar-refractivity contribution is -0.119. The Morgan fingerprint density at radius 3 is 2.77 bits per heavy atom. The summed E-state index contributed by atoms with van der Waals surface area (Å²) in [6, 6.07) is 10.2. The van der Waals surface area contributed by atoms with Crippen LogP contribution in [0.3, 0.4) is 0 Å². The number of hydrogen-bond donors (Lipinski definition) is 1. The van der Waals surface area contributed by atoms with Gasteiger partial charge in [-0.3, -0.25) is 9.59 Å². The summed E-state index contributed by atoms with van der Waals surface area (Å²) in [6.45, 7) is 0.464. The van der Waals surface area contributed by atoms with Crippen molar-refractivity contribution >= 4 is 39.9 Å². The third-order valence-electron chi connectivity index (χ3n) is 5.08. The lowest BCUT2D eigenvalue weighted by Crippen LogP contribution is -2.43. The first kappa shape index (κ1) is 21.3. The molecule has 0 aliphatic carbocycles. The van der Waals surface area contributed by atoms with E-state index in [1.54, 1.807) is 35.7 Å². The van der Waals surface area contributed by atoms with Gasteiger partial charge in [0.2, 0.25) is 5.91 Å². The van der Waals surface area contributed by atoms with Gasteiger partial charge in [0.25, 0.3) is 5.91 Å². The number of aromatic nitrogens is 1. The molecule has 9 heteroatoms. The molecule has 0 spiro atoms. The van der Waals surface area contributed by atoms with Crippen molar-refractivity contribution in [2.45, 2.75) is 18.9 Å². The number of carbonyl (C=O) groups excluding carboxylic acids is 2. The summed E-state index contributed by atoms with van der Waals surface area (Å²) >= 11 is 7.33. The quantitative estimate of drug-likeness (QED) is 0.591. The van der Waals surface area contributed by atoms with Gasteiger partial charge >= 0.3 is 0 Å². The van der Waals surface area contributed by atoms with Crippen molar-refractivity contribution in [1.82, 2.24) is 9.88 Å². The first-order valence-electron chi connectivity index (χ1n) is 9.63. The van der Waals surface area contributed by atoms with Gasteiger partial charge in [-0.1, -0.05) is 11.6 Å². The first-order valence-corrected chi connectivity index (χ1v) is 10.9. The third kappa shape index (κ3) is 4.55. The number of nitrogens with zero attached hydrogens (tertiary/aromatic N) is 2. The van der Waals surface area contributed by atoms with Crippen LogP contribution in [0.25, 0.3) is 11.3 Å². The monoisotopic (exact) mass is 459 g/mol. The summed E-state index contributed by atoms with van der Waals surface area (Å²) < 4.78 is 18.4. The topological polar surface area (TPSA) is 71.5 Å². The summed E-state index contributed by atoms with van der Waals surface area (Å²) in [4.78, 5) is 32.0. The number of anilines is 1. The van der Waals surface area contributed by atoms with E-state index in [0.717, 1.165) is 5.56 Å². The van der Waals surface area contributed by atoms with Crippen molar-refractivity contribution in [1.29, 1.82) is 0 Å². The van der Waals surface area contributed by atoms with Gasteiger partial charge in [-0.05, 0) is 55.3 Å². The fourth-order valence-electron chi connectivity index (χ4n) is 3.56. The van der Waals surface area contributed by atoms with E-state index in [4.69, 9.17) is 16.3 Å². The third-order valence-corrected chi connectivity index (χ3v) is 6.08. The number of nitrogens with one attached hydrogen (secondary N) is 1. The Bertz CT molecular complexity index is 1120. The minimum absolute atomic E-state index is 0.299. The Morgan fingerprint density at radius 2 is 2.03 bits per heavy atom. The molecule has 1 atom stereocenters. The molecule has 4 rings (SSSR count). The minimum atomic E-state index is -0.616. The van der Waals surface area contributed by atoms with Crippen molar-refractivity contribution in [3.8, 4) is 17.0 Å². The molecule has 2 amide bonds. The van der Waals surface area contributed by atoms with Gasteiger partial charge in [0.1, 0.15) is 17.6 Å². The molecule has 1 aliphatic rings. The lowest BCUT2D eigenvalue weighted by Gasteiger charge is -2.24. The maximum atomic E-state index is 13.1. The molecule has 3 aromatic rings. The average molecular weight is 460 g/mol. The van der Waals surface area contributed by atoms with Gasteiger partial charge in [-0.15, -0.1) is 11.3 Å². The number of likely N-dealkylation sites (tertiary alicyclic amines) is 1. The fourth-order valence-corrected chi connectivity index (χ4v) is 4.45. The van der Waals surface area contributed by atoms with E-state index < -0.39 is 6.04 Å². The van der Waals surface area contributed by atoms with Gasteiger partial charge in [0.15, 0.2) is 5.13 Å². The zero-order valence-corrected chi connectivity index (χ0v) is 18.2. The molecule has 1 N–H and O–H groups in total. The first-order chi connectivity index (χ1) is 15.0. The fraction of sp³-hybridized carbons (Fsp3) is 0.227. The van der Waals surface area contributed by atoms with Crippen molar-refractivity contribution in [2.24, 2.45) is 0 Å². The standard InChI is InChI=1S/C22H19ClFN3O3S/c1-30-19-9-6-14(23)11-16(19)21(29)27-10-2-3-18(27)20(28)26-22-25-17(12-31-22)13-4-7-15(24)8-5-13/h4-9,11-12,18H,2-3,10H2,1H3,(H,25,26,28). The Hall–Kier alpha value is -2.97. The van der Waals surface area contributed by atoms with Gasteiger partial charge in [-0.2, -0.15) is 0 Å². The van der Waals surface area contributed by atoms with E-state index in [1.807, 2.05) is 0 Å². The van der Waals surface area contributed by atoms with Crippen molar-refractivity contribution in [3.63, 3.8) is 0 Å². The Kier molecular flexibility index (Phi) is 6.20. The van der Waals surface area contributed by atoms with E-state index in [2.05, 4.69) is 10.3 Å². The van der Waals surface area contributed by atoms with Crippen LogP contribution >= 0.6 is 22.9 Å². The zero-order chi connectivity index (χ0) is 22.0. The highest BCUT2D eigenvalue weighted by molar-refractivity contribution is 7.14. The smallest absolute Gasteiger partial charge is 0.258 e. The number of methoxy groups -OCH3 is 1. The van der Waals surface area contributed by atoms with Crippen molar-refractivity contribution in [2.75, 3.05) is 19.0 Å². The van der Waals surface area contributed by atoms with Crippen molar-refractivity contribution in [3.05, 3.63) is 64.2 Å². The van der Waals surface area contributed by atoms with Crippen LogP contribution in [0.2, 0.25) is 5.02 Å². The molecule has 2 aromatic carbocycles. The number of ether oxygens (including phenoxy) is 1. The van der Waals surface area contributed by atoms with Gasteiger partial charge < -0.3 is 15.0 Å². The Balaban J connectivity index is 1.49. The molecule has 2 heterocycles.